The van der Waals surface area contributed by atoms with Crippen molar-refractivity contribution in [1.82, 2.24) is 0 Å². The van der Waals surface area contributed by atoms with E-state index in [-0.39, 0.29) is 17.4 Å². The Hall–Kier alpha value is -1.88. The highest BCUT2D eigenvalue weighted by molar-refractivity contribution is 14.1. The molecule has 0 aliphatic carbocycles. The molecule has 0 N–H and O–H groups in total. The largest absolute Gasteiger partial charge is 0.489 e. The molecule has 1 aliphatic rings. The van der Waals surface area contributed by atoms with E-state index < -0.39 is 17.6 Å². The van der Waals surface area contributed by atoms with E-state index in [4.69, 9.17) is 4.74 Å². The number of benzene rings is 2. The summed E-state index contributed by atoms with van der Waals surface area (Å²) in [6.07, 6.45) is -2.93. The molecule has 0 unspecified atom stereocenters. The normalized spacial score (nSPS) is 15.9. The molecule has 2 aromatic rings. The van der Waals surface area contributed by atoms with E-state index in [2.05, 4.69) is 43.6 Å². The van der Waals surface area contributed by atoms with Crippen LogP contribution in [-0.2, 0) is 11.0 Å². The van der Waals surface area contributed by atoms with Crippen molar-refractivity contribution < 1.29 is 22.7 Å². The van der Waals surface area contributed by atoms with E-state index in [0.29, 0.717) is 17.0 Å². The topological polar surface area (TPSA) is 41.9 Å². The highest BCUT2D eigenvalue weighted by Gasteiger charge is 2.33. The van der Waals surface area contributed by atoms with Gasteiger partial charge in [-0.25, -0.2) is 0 Å². The zero-order chi connectivity index (χ0) is 22.2. The van der Waals surface area contributed by atoms with Gasteiger partial charge in [0.25, 0.3) is 5.91 Å². The lowest BCUT2D eigenvalue weighted by molar-refractivity contribution is -0.137. The number of amides is 1. The number of halogens is 5. The molecule has 158 valence electrons. The lowest BCUT2D eigenvalue weighted by Crippen LogP contribution is -2.22. The van der Waals surface area contributed by atoms with Crippen molar-refractivity contribution in [3.63, 3.8) is 0 Å². The Morgan fingerprint density at radius 2 is 1.93 bits per heavy atom. The van der Waals surface area contributed by atoms with E-state index in [1.807, 2.05) is 26.0 Å². The van der Waals surface area contributed by atoms with Gasteiger partial charge in [0, 0.05) is 10.0 Å². The molecule has 9 heteroatoms. The number of ether oxygens (including phenoxy) is 1. The number of anilines is 1. The molecule has 4 nitrogen and oxygen atoms in total. The Morgan fingerprint density at radius 3 is 2.57 bits per heavy atom. The van der Waals surface area contributed by atoms with Gasteiger partial charge in [-0.05, 0) is 79.8 Å². The molecule has 1 heterocycles. The minimum absolute atomic E-state index is 0.0556. The van der Waals surface area contributed by atoms with Crippen molar-refractivity contribution in [3.05, 3.63) is 61.1 Å². The lowest BCUT2D eigenvalue weighted by Gasteiger charge is -2.16. The fourth-order valence-corrected chi connectivity index (χ4v) is 4.55. The first kappa shape index (κ1) is 22.8. The predicted molar refractivity (Wildman–Crippen MR) is 123 cm³/mol. The summed E-state index contributed by atoms with van der Waals surface area (Å²) in [6, 6.07) is 8.25. The predicted octanol–water partition coefficient (Wildman–Crippen LogP) is 6.67. The maximum Gasteiger partial charge on any atom is 0.416 e. The summed E-state index contributed by atoms with van der Waals surface area (Å²) in [7, 11) is 0. The Labute approximate surface area is 194 Å². The minimum atomic E-state index is -4.51. The molecular formula is C21H17BrF3IN2O2. The first-order valence-corrected chi connectivity index (χ1v) is 10.8. The second kappa shape index (κ2) is 8.70. The van der Waals surface area contributed by atoms with Crippen LogP contribution in [0.4, 0.5) is 18.9 Å². The third-order valence-corrected chi connectivity index (χ3v) is 5.43. The fourth-order valence-electron chi connectivity index (χ4n) is 2.88. The van der Waals surface area contributed by atoms with Crippen LogP contribution in [0.5, 0.6) is 5.75 Å². The first-order valence-electron chi connectivity index (χ1n) is 8.92. The summed E-state index contributed by atoms with van der Waals surface area (Å²) in [5.41, 5.74) is 0.580. The molecule has 0 bridgehead atoms. The summed E-state index contributed by atoms with van der Waals surface area (Å²) < 4.78 is 46.7. The molecule has 1 amide bonds. The highest BCUT2D eigenvalue weighted by atomic mass is 127. The van der Waals surface area contributed by atoms with Crippen molar-refractivity contribution in [2.75, 3.05) is 5.01 Å². The average molecular weight is 593 g/mol. The number of nitrogens with zero attached hydrogens (tertiary/aromatic N) is 2. The second-order valence-electron chi connectivity index (χ2n) is 6.88. The van der Waals surface area contributed by atoms with Crippen LogP contribution in [0.3, 0.4) is 0 Å². The number of carbonyl (C=O) groups excluding carboxylic acids is 1. The number of hydrogen-bond donors (Lipinski definition) is 0. The van der Waals surface area contributed by atoms with Crippen LogP contribution < -0.4 is 9.75 Å². The summed E-state index contributed by atoms with van der Waals surface area (Å²) in [5, 5.41) is 5.17. The highest BCUT2D eigenvalue weighted by Crippen LogP contribution is 2.35. The maximum atomic E-state index is 13.0. The number of carbonyl (C=O) groups is 1. The van der Waals surface area contributed by atoms with Gasteiger partial charge >= 0.3 is 6.18 Å². The monoisotopic (exact) mass is 592 g/mol. The number of hydrogen-bond acceptors (Lipinski definition) is 3. The van der Waals surface area contributed by atoms with Crippen molar-refractivity contribution in [1.29, 1.82) is 0 Å². The van der Waals surface area contributed by atoms with Crippen molar-refractivity contribution >= 4 is 61.9 Å². The van der Waals surface area contributed by atoms with Gasteiger partial charge in [-0.1, -0.05) is 22.0 Å². The van der Waals surface area contributed by atoms with Crippen molar-refractivity contribution in [2.45, 2.75) is 33.1 Å². The minimum Gasteiger partial charge on any atom is -0.489 e. The van der Waals surface area contributed by atoms with Gasteiger partial charge in [0.05, 0.1) is 32.2 Å². The van der Waals surface area contributed by atoms with Crippen molar-refractivity contribution in [2.24, 2.45) is 5.10 Å². The van der Waals surface area contributed by atoms with Gasteiger partial charge in [-0.15, -0.1) is 0 Å². The van der Waals surface area contributed by atoms with Crippen LogP contribution in [-0.4, -0.2) is 17.7 Å². The van der Waals surface area contributed by atoms with Crippen LogP contribution in [0.15, 0.2) is 51.5 Å². The summed E-state index contributed by atoms with van der Waals surface area (Å²) in [5.74, 6) is 0.122. The first-order chi connectivity index (χ1) is 14.0. The van der Waals surface area contributed by atoms with E-state index in [1.54, 1.807) is 13.0 Å². The molecular weight excluding hydrogens is 576 g/mol. The lowest BCUT2D eigenvalue weighted by atomic mass is 10.1. The van der Waals surface area contributed by atoms with Crippen LogP contribution >= 0.6 is 38.5 Å². The average Bonchev–Trinajstić information content (AvgIpc) is 2.92. The van der Waals surface area contributed by atoms with Gasteiger partial charge in [0.15, 0.2) is 0 Å². The van der Waals surface area contributed by atoms with Gasteiger partial charge in [-0.2, -0.15) is 23.3 Å². The Kier molecular flexibility index (Phi) is 6.61. The third-order valence-electron chi connectivity index (χ3n) is 4.17. The second-order valence-corrected chi connectivity index (χ2v) is 8.96. The van der Waals surface area contributed by atoms with Crippen molar-refractivity contribution in [3.8, 4) is 5.75 Å². The van der Waals surface area contributed by atoms with Crippen LogP contribution in [0.1, 0.15) is 31.9 Å². The zero-order valence-corrected chi connectivity index (χ0v) is 20.0. The molecule has 1 aliphatic heterocycles. The maximum absolute atomic E-state index is 13.0. The smallest absolute Gasteiger partial charge is 0.416 e. The molecule has 2 aromatic carbocycles. The Balaban J connectivity index is 2.02. The molecule has 0 spiro atoms. The molecule has 30 heavy (non-hydrogen) atoms. The van der Waals surface area contributed by atoms with Crippen LogP contribution in [0.2, 0.25) is 0 Å². The molecule has 0 aromatic heterocycles. The van der Waals surface area contributed by atoms with Gasteiger partial charge in [0.1, 0.15) is 5.75 Å². The SMILES string of the molecule is CC1=NN(c2cccc(C(F)(F)F)c2)C(=O)C1=Cc1cc(Br)cc(I)c1OC(C)C. The molecule has 3 rings (SSSR count). The molecule has 0 atom stereocenters. The summed E-state index contributed by atoms with van der Waals surface area (Å²) in [6.45, 7) is 5.44. The standard InChI is InChI=1S/C21H17BrF3IN2O2/c1-11(2)30-19-13(7-15(22)10-18(19)26)8-17-12(3)27-28(20(17)29)16-6-4-5-14(9-16)21(23,24)25/h4-11H,1-3H3. The van der Waals surface area contributed by atoms with Crippen LogP contribution in [0.25, 0.3) is 6.08 Å². The molecule has 0 radical (unpaired) electrons. The van der Waals surface area contributed by atoms with E-state index in [9.17, 15) is 18.0 Å². The van der Waals surface area contributed by atoms with E-state index >= 15 is 0 Å². The molecule has 0 saturated heterocycles. The fraction of sp³-hybridized carbons (Fsp3) is 0.238. The van der Waals surface area contributed by atoms with E-state index in [1.165, 1.54) is 12.1 Å². The Bertz CT molecular complexity index is 1060. The summed E-state index contributed by atoms with van der Waals surface area (Å²) >= 11 is 5.60. The zero-order valence-electron chi connectivity index (χ0n) is 16.2. The molecule has 0 fully saturated rings. The van der Waals surface area contributed by atoms with Gasteiger partial charge < -0.3 is 4.74 Å². The quantitative estimate of drug-likeness (QED) is 0.294. The van der Waals surface area contributed by atoms with Gasteiger partial charge in [-0.3, -0.25) is 4.79 Å². The van der Waals surface area contributed by atoms with E-state index in [0.717, 1.165) is 25.2 Å². The number of rotatable bonds is 4. The number of hydrazone groups is 1. The Morgan fingerprint density at radius 1 is 1.23 bits per heavy atom. The molecule has 0 saturated carbocycles. The third kappa shape index (κ3) is 4.88. The summed E-state index contributed by atoms with van der Waals surface area (Å²) in [4.78, 5) is 13.0. The van der Waals surface area contributed by atoms with Gasteiger partial charge in [0.2, 0.25) is 0 Å². The number of alkyl halides is 3. The van der Waals surface area contributed by atoms with Crippen LogP contribution in [0, 0.1) is 3.57 Å².